The van der Waals surface area contributed by atoms with E-state index < -0.39 is 10.0 Å². The Balaban J connectivity index is 1.50. The van der Waals surface area contributed by atoms with Gasteiger partial charge in [-0.15, -0.1) is 0 Å². The first kappa shape index (κ1) is 21.8. The van der Waals surface area contributed by atoms with Gasteiger partial charge in [-0.25, -0.2) is 12.8 Å². The quantitative estimate of drug-likeness (QED) is 0.428. The molecule has 0 radical (unpaired) electrons. The van der Waals surface area contributed by atoms with Gasteiger partial charge in [-0.05, 0) is 60.4 Å². The number of ether oxygens (including phenoxy) is 1. The minimum atomic E-state index is -3.82. The maximum atomic E-state index is 14.7. The van der Waals surface area contributed by atoms with Crippen molar-refractivity contribution < 1.29 is 17.5 Å². The fraction of sp³-hybridized carbons (Fsp3) is 0.200. The molecule has 0 amide bonds. The number of rotatable bonds is 5. The molecule has 33 heavy (non-hydrogen) atoms. The first-order valence-corrected chi connectivity index (χ1v) is 12.4. The molecule has 0 fully saturated rings. The Morgan fingerprint density at radius 3 is 2.73 bits per heavy atom. The number of halogens is 2. The minimum Gasteiger partial charge on any atom is -0.497 e. The van der Waals surface area contributed by atoms with Gasteiger partial charge in [0.1, 0.15) is 11.6 Å². The van der Waals surface area contributed by atoms with Crippen molar-refractivity contribution in [2.45, 2.75) is 23.3 Å². The minimum absolute atomic E-state index is 0.0243. The van der Waals surface area contributed by atoms with E-state index >= 15 is 0 Å². The molecule has 3 aromatic rings. The van der Waals surface area contributed by atoms with Crippen LogP contribution in [-0.4, -0.2) is 15.5 Å². The Labute approximate surface area is 197 Å². The van der Waals surface area contributed by atoms with Crippen molar-refractivity contribution in [2.24, 2.45) is 5.92 Å². The summed E-state index contributed by atoms with van der Waals surface area (Å²) in [6, 6.07) is 16.1. The summed E-state index contributed by atoms with van der Waals surface area (Å²) >= 11 is 6.37. The summed E-state index contributed by atoms with van der Waals surface area (Å²) in [5.74, 6) is 0.183. The van der Waals surface area contributed by atoms with Crippen LogP contribution in [0.25, 0.3) is 0 Å². The molecule has 0 bridgehead atoms. The van der Waals surface area contributed by atoms with Gasteiger partial charge in [0.25, 0.3) is 10.0 Å². The lowest BCUT2D eigenvalue weighted by atomic mass is 9.77. The van der Waals surface area contributed by atoms with Crippen molar-refractivity contribution in [3.8, 4) is 5.75 Å². The van der Waals surface area contributed by atoms with Crippen LogP contribution in [0.3, 0.4) is 0 Å². The molecule has 1 aliphatic heterocycles. The molecule has 0 spiro atoms. The molecule has 0 saturated carbocycles. The smallest absolute Gasteiger partial charge is 0.261 e. The van der Waals surface area contributed by atoms with E-state index in [1.54, 1.807) is 54.6 Å². The van der Waals surface area contributed by atoms with Crippen LogP contribution in [0, 0.1) is 11.7 Å². The van der Waals surface area contributed by atoms with Crippen LogP contribution in [0.5, 0.6) is 5.75 Å². The van der Waals surface area contributed by atoms with Gasteiger partial charge in [-0.3, -0.25) is 4.72 Å². The van der Waals surface area contributed by atoms with E-state index in [0.29, 0.717) is 22.0 Å². The summed E-state index contributed by atoms with van der Waals surface area (Å²) < 4.78 is 48.7. The normalized spacial score (nSPS) is 21.1. The monoisotopic (exact) mass is 484 g/mol. The number of nitrogens with one attached hydrogen (secondary N) is 2. The third kappa shape index (κ3) is 3.96. The molecule has 1 heterocycles. The summed E-state index contributed by atoms with van der Waals surface area (Å²) in [6.45, 7) is 0. The number of sulfonamides is 1. The first-order chi connectivity index (χ1) is 15.9. The van der Waals surface area contributed by atoms with Crippen molar-refractivity contribution in [2.75, 3.05) is 17.1 Å². The number of anilines is 2. The number of fused-ring (bicyclic) bond motifs is 3. The van der Waals surface area contributed by atoms with E-state index in [0.717, 1.165) is 17.7 Å². The fourth-order valence-corrected chi connectivity index (χ4v) is 6.10. The molecule has 5 rings (SSSR count). The van der Waals surface area contributed by atoms with E-state index in [9.17, 15) is 12.8 Å². The summed E-state index contributed by atoms with van der Waals surface area (Å²) in [5, 5.41) is 3.79. The number of methoxy groups -OCH3 is 1. The van der Waals surface area contributed by atoms with Crippen LogP contribution in [0.2, 0.25) is 5.02 Å². The molecule has 3 atom stereocenters. The van der Waals surface area contributed by atoms with E-state index in [1.165, 1.54) is 13.2 Å². The van der Waals surface area contributed by atoms with E-state index in [1.807, 2.05) is 0 Å². The second kappa shape index (κ2) is 8.39. The molecule has 2 aliphatic rings. The lowest BCUT2D eigenvalue weighted by Gasteiger charge is -2.38. The second-order valence-electron chi connectivity index (χ2n) is 8.20. The third-order valence-electron chi connectivity index (χ3n) is 6.28. The molecular weight excluding hydrogens is 463 g/mol. The van der Waals surface area contributed by atoms with E-state index in [-0.39, 0.29) is 28.6 Å². The van der Waals surface area contributed by atoms with Crippen molar-refractivity contribution in [3.63, 3.8) is 0 Å². The van der Waals surface area contributed by atoms with Gasteiger partial charge in [0.05, 0.1) is 23.7 Å². The highest BCUT2D eigenvalue weighted by molar-refractivity contribution is 7.92. The molecular formula is C25H22ClFN2O3S. The maximum Gasteiger partial charge on any atom is 0.261 e. The third-order valence-corrected chi connectivity index (χ3v) is 7.99. The lowest BCUT2D eigenvalue weighted by molar-refractivity contribution is 0.413. The first-order valence-electron chi connectivity index (χ1n) is 10.6. The van der Waals surface area contributed by atoms with Crippen LogP contribution >= 0.6 is 11.6 Å². The van der Waals surface area contributed by atoms with Gasteiger partial charge in [0, 0.05) is 28.3 Å². The summed E-state index contributed by atoms with van der Waals surface area (Å²) in [5.41, 5.74) is 2.50. The Hall–Kier alpha value is -3.03. The summed E-state index contributed by atoms with van der Waals surface area (Å²) in [7, 11) is -2.29. The predicted octanol–water partition coefficient (Wildman–Crippen LogP) is 6.12. The van der Waals surface area contributed by atoms with E-state index in [4.69, 9.17) is 16.3 Å². The topological polar surface area (TPSA) is 67.4 Å². The molecule has 3 aromatic carbocycles. The highest BCUT2D eigenvalue weighted by Crippen LogP contribution is 2.51. The van der Waals surface area contributed by atoms with Gasteiger partial charge >= 0.3 is 0 Å². The average Bonchev–Trinajstić information content (AvgIpc) is 3.29. The van der Waals surface area contributed by atoms with E-state index in [2.05, 4.69) is 22.2 Å². The zero-order chi connectivity index (χ0) is 23.2. The molecule has 1 aliphatic carbocycles. The number of benzene rings is 3. The van der Waals surface area contributed by atoms with Crippen LogP contribution in [-0.2, 0) is 10.0 Å². The summed E-state index contributed by atoms with van der Waals surface area (Å²) in [6.07, 6.45) is 4.87. The van der Waals surface area contributed by atoms with Crippen molar-refractivity contribution in [1.82, 2.24) is 0 Å². The van der Waals surface area contributed by atoms with Gasteiger partial charge in [0.2, 0.25) is 0 Å². The van der Waals surface area contributed by atoms with Crippen LogP contribution in [0.15, 0.2) is 77.7 Å². The van der Waals surface area contributed by atoms with Crippen molar-refractivity contribution in [3.05, 3.63) is 94.8 Å². The zero-order valence-corrected chi connectivity index (χ0v) is 19.3. The second-order valence-corrected chi connectivity index (χ2v) is 10.3. The van der Waals surface area contributed by atoms with Crippen LogP contribution < -0.4 is 14.8 Å². The predicted molar refractivity (Wildman–Crippen MR) is 128 cm³/mol. The van der Waals surface area contributed by atoms with Gasteiger partial charge < -0.3 is 10.1 Å². The molecule has 0 aromatic heterocycles. The fourth-order valence-electron chi connectivity index (χ4n) is 4.73. The molecule has 2 N–H and O–H groups in total. The summed E-state index contributed by atoms with van der Waals surface area (Å²) in [4.78, 5) is 0.160. The SMILES string of the molecule is COc1cccc(NS(=O)(=O)c2ccc3c(c2)[C@H]2C=CC[C@H]2[C@@H](c2c(F)cccc2Cl)N3)c1. The molecule has 0 unspecified atom stereocenters. The highest BCUT2D eigenvalue weighted by Gasteiger charge is 2.40. The Morgan fingerprint density at radius 2 is 1.94 bits per heavy atom. The Morgan fingerprint density at radius 1 is 1.12 bits per heavy atom. The molecule has 5 nitrogen and oxygen atoms in total. The van der Waals surface area contributed by atoms with Crippen molar-refractivity contribution >= 4 is 33.0 Å². The number of hydrogen-bond acceptors (Lipinski definition) is 4. The van der Waals surface area contributed by atoms with Crippen LogP contribution in [0.1, 0.15) is 29.5 Å². The molecule has 8 heteroatoms. The van der Waals surface area contributed by atoms with Crippen LogP contribution in [0.4, 0.5) is 15.8 Å². The largest absolute Gasteiger partial charge is 0.497 e. The Bertz CT molecular complexity index is 1340. The number of allylic oxidation sites excluding steroid dienone is 2. The Kier molecular flexibility index (Phi) is 5.54. The number of hydrogen-bond donors (Lipinski definition) is 2. The van der Waals surface area contributed by atoms with Gasteiger partial charge in [-0.1, -0.05) is 35.9 Å². The van der Waals surface area contributed by atoms with Crippen molar-refractivity contribution in [1.29, 1.82) is 0 Å². The van der Waals surface area contributed by atoms with Gasteiger partial charge in [0.15, 0.2) is 0 Å². The standard InChI is InChI=1S/C25H22ClFN2O3S/c1-32-16-6-2-5-15(13-16)29-33(30,31)17-11-12-23-20(14-17)18-7-3-8-19(18)25(28-23)24-21(26)9-4-10-22(24)27/h2-7,9-14,18-19,25,28-29H,8H2,1H3/t18-,19+,25-/m0/s1. The average molecular weight is 485 g/mol. The maximum absolute atomic E-state index is 14.7. The molecule has 0 saturated heterocycles. The zero-order valence-electron chi connectivity index (χ0n) is 17.8. The van der Waals surface area contributed by atoms with Gasteiger partial charge in [-0.2, -0.15) is 0 Å². The highest BCUT2D eigenvalue weighted by atomic mass is 35.5. The lowest BCUT2D eigenvalue weighted by Crippen LogP contribution is -2.30. The molecule has 170 valence electrons.